The number of ether oxygens (including phenoxy) is 2. The Morgan fingerprint density at radius 3 is 1.02 bits per heavy atom. The van der Waals surface area contributed by atoms with E-state index >= 15 is 0 Å². The maximum absolute atomic E-state index is 12.6. The number of hydrogen-bond acceptors (Lipinski definition) is 4. The van der Waals surface area contributed by atoms with Crippen molar-refractivity contribution in [2.24, 2.45) is 0 Å². The van der Waals surface area contributed by atoms with Crippen LogP contribution < -0.4 is 14.8 Å². The van der Waals surface area contributed by atoms with Gasteiger partial charge in [0, 0.05) is 18.2 Å². The summed E-state index contributed by atoms with van der Waals surface area (Å²) in [6.07, 6.45) is 43.2. The number of benzene rings is 1. The van der Waals surface area contributed by atoms with Gasteiger partial charge in [0.15, 0.2) is 0 Å². The van der Waals surface area contributed by atoms with Gasteiger partial charge >= 0.3 is 0 Å². The minimum Gasteiger partial charge on any atom is -0.493 e. The van der Waals surface area contributed by atoms with Gasteiger partial charge in [0.05, 0.1) is 19.8 Å². The van der Waals surface area contributed by atoms with E-state index in [-0.39, 0.29) is 19.1 Å². The lowest BCUT2D eigenvalue weighted by molar-refractivity contribution is 0.0943. The number of amides is 1. The van der Waals surface area contributed by atoms with Crippen molar-refractivity contribution >= 4 is 5.91 Å². The van der Waals surface area contributed by atoms with Crippen LogP contribution in [0.4, 0.5) is 0 Å². The van der Waals surface area contributed by atoms with Gasteiger partial charge in [-0.25, -0.2) is 0 Å². The van der Waals surface area contributed by atoms with Gasteiger partial charge in [-0.05, 0) is 25.0 Å². The zero-order valence-electron chi connectivity index (χ0n) is 33.4. The molecule has 0 bridgehead atoms. The van der Waals surface area contributed by atoms with Gasteiger partial charge in [-0.3, -0.25) is 4.79 Å². The fraction of sp³-hybridized carbons (Fsp3) is 0.844. The van der Waals surface area contributed by atoms with E-state index in [0.29, 0.717) is 30.3 Å². The smallest absolute Gasteiger partial charge is 0.251 e. The molecule has 0 radical (unpaired) electrons. The summed E-state index contributed by atoms with van der Waals surface area (Å²) < 4.78 is 12.2. The Balaban J connectivity index is 2.14. The largest absolute Gasteiger partial charge is 0.493 e. The number of carbonyl (C=O) groups is 1. The van der Waals surface area contributed by atoms with Crippen molar-refractivity contribution in [2.45, 2.75) is 219 Å². The van der Waals surface area contributed by atoms with Gasteiger partial charge in [-0.2, -0.15) is 0 Å². The Bertz CT molecular complexity index is 803. The molecule has 292 valence electrons. The van der Waals surface area contributed by atoms with E-state index in [4.69, 9.17) is 14.6 Å². The second kappa shape index (κ2) is 37.0. The van der Waals surface area contributed by atoms with Crippen molar-refractivity contribution in [3.8, 4) is 11.5 Å². The predicted molar refractivity (Wildman–Crippen MR) is 216 cm³/mol. The molecule has 1 amide bonds. The van der Waals surface area contributed by atoms with Gasteiger partial charge in [-0.15, -0.1) is 0 Å². The van der Waals surface area contributed by atoms with Crippen molar-refractivity contribution in [3.05, 3.63) is 23.8 Å². The number of aliphatic hydroxyl groups is 1. The third-order valence-corrected chi connectivity index (χ3v) is 10.1. The number of nitrogens with one attached hydrogen (secondary N) is 1. The number of carbonyl (C=O) groups excluding carboxylic acids is 1. The summed E-state index contributed by atoms with van der Waals surface area (Å²) in [7, 11) is 0. The second-order valence-corrected chi connectivity index (χ2v) is 15.0. The molecule has 0 fully saturated rings. The Morgan fingerprint density at radius 2 is 0.740 bits per heavy atom. The highest BCUT2D eigenvalue weighted by Gasteiger charge is 2.10. The first kappa shape index (κ1) is 46.3. The third kappa shape index (κ3) is 29.9. The summed E-state index contributed by atoms with van der Waals surface area (Å²) in [5, 5.41) is 11.9. The Labute approximate surface area is 310 Å². The zero-order valence-corrected chi connectivity index (χ0v) is 33.4. The molecule has 0 aliphatic heterocycles. The first-order valence-electron chi connectivity index (χ1n) is 22.0. The second-order valence-electron chi connectivity index (χ2n) is 15.0. The summed E-state index contributed by atoms with van der Waals surface area (Å²) in [5.41, 5.74) is 0.518. The maximum atomic E-state index is 12.6. The SMILES string of the molecule is CCCCCCCCCCCCCCCCCCOc1cc(OCCCCCCCCCCCCCCCCCC)cc(C(=O)NCCO)c1. The average molecular weight is 702 g/mol. The summed E-state index contributed by atoms with van der Waals surface area (Å²) in [6, 6.07) is 5.50. The molecule has 0 aromatic heterocycles. The van der Waals surface area contributed by atoms with Crippen LogP contribution in [0.5, 0.6) is 11.5 Å². The molecule has 0 atom stereocenters. The Morgan fingerprint density at radius 1 is 0.460 bits per heavy atom. The average Bonchev–Trinajstić information content (AvgIpc) is 3.13. The van der Waals surface area contributed by atoms with Crippen molar-refractivity contribution in [1.29, 1.82) is 0 Å². The lowest BCUT2D eigenvalue weighted by Crippen LogP contribution is -2.26. The molecular weight excluding hydrogens is 618 g/mol. The molecule has 0 saturated heterocycles. The van der Waals surface area contributed by atoms with Crippen LogP contribution in [0.15, 0.2) is 18.2 Å². The quantitative estimate of drug-likeness (QED) is 0.0671. The molecular formula is C45H83NO4. The van der Waals surface area contributed by atoms with Crippen LogP contribution in [0.2, 0.25) is 0 Å². The summed E-state index contributed by atoms with van der Waals surface area (Å²) in [5.74, 6) is 1.16. The molecule has 5 nitrogen and oxygen atoms in total. The Kier molecular flexibility index (Phi) is 34.3. The lowest BCUT2D eigenvalue weighted by Gasteiger charge is -2.13. The molecule has 1 aromatic carbocycles. The van der Waals surface area contributed by atoms with Crippen LogP contribution in [0, 0.1) is 0 Å². The molecule has 1 aromatic rings. The first-order valence-corrected chi connectivity index (χ1v) is 22.0. The monoisotopic (exact) mass is 702 g/mol. The van der Waals surface area contributed by atoms with Gasteiger partial charge in [0.2, 0.25) is 0 Å². The van der Waals surface area contributed by atoms with Crippen LogP contribution in [0.1, 0.15) is 230 Å². The molecule has 50 heavy (non-hydrogen) atoms. The van der Waals surface area contributed by atoms with E-state index in [9.17, 15) is 4.79 Å². The summed E-state index contributed by atoms with van der Waals surface area (Å²) >= 11 is 0. The van der Waals surface area contributed by atoms with Gasteiger partial charge < -0.3 is 19.9 Å². The van der Waals surface area contributed by atoms with Crippen molar-refractivity contribution in [1.82, 2.24) is 5.32 Å². The van der Waals surface area contributed by atoms with Gasteiger partial charge in [-0.1, -0.05) is 206 Å². The topological polar surface area (TPSA) is 67.8 Å². The van der Waals surface area contributed by atoms with Crippen LogP contribution >= 0.6 is 0 Å². The molecule has 0 aliphatic carbocycles. The number of unbranched alkanes of at least 4 members (excludes halogenated alkanes) is 30. The molecule has 0 heterocycles. The number of hydrogen-bond donors (Lipinski definition) is 2. The number of rotatable bonds is 39. The highest BCUT2D eigenvalue weighted by Crippen LogP contribution is 2.24. The molecule has 0 spiro atoms. The molecule has 0 aliphatic rings. The van der Waals surface area contributed by atoms with Crippen molar-refractivity contribution < 1.29 is 19.4 Å². The fourth-order valence-electron chi connectivity index (χ4n) is 6.82. The Hall–Kier alpha value is -1.75. The molecule has 0 unspecified atom stereocenters. The number of aliphatic hydroxyl groups excluding tert-OH is 1. The highest BCUT2D eigenvalue weighted by molar-refractivity contribution is 5.95. The predicted octanol–water partition coefficient (Wildman–Crippen LogP) is 13.7. The van der Waals surface area contributed by atoms with Crippen molar-refractivity contribution in [3.63, 3.8) is 0 Å². The minimum absolute atomic E-state index is 0.0796. The summed E-state index contributed by atoms with van der Waals surface area (Å²) in [4.78, 5) is 12.6. The maximum Gasteiger partial charge on any atom is 0.251 e. The molecule has 5 heteroatoms. The van der Waals surface area contributed by atoms with Crippen LogP contribution in [-0.2, 0) is 0 Å². The standard InChI is InChI=1S/C45H83NO4/c1-3-5-7-9-11-13-15-17-19-21-23-25-27-29-31-33-37-49-43-39-42(45(48)46-35-36-47)40-44(41-43)50-38-34-32-30-28-26-24-22-20-18-16-14-12-10-8-6-4-2/h39-41,47H,3-38H2,1-2H3,(H,46,48). The van der Waals surface area contributed by atoms with Crippen molar-refractivity contribution in [2.75, 3.05) is 26.4 Å². The summed E-state index contributed by atoms with van der Waals surface area (Å²) in [6.45, 7) is 6.03. The van der Waals surface area contributed by atoms with Crippen LogP contribution in [0.25, 0.3) is 0 Å². The fourth-order valence-corrected chi connectivity index (χ4v) is 6.82. The van der Waals surface area contributed by atoms with E-state index < -0.39 is 0 Å². The van der Waals surface area contributed by atoms with Gasteiger partial charge in [0.25, 0.3) is 5.91 Å². The minimum atomic E-state index is -0.209. The molecule has 0 saturated carbocycles. The highest BCUT2D eigenvalue weighted by atomic mass is 16.5. The molecule has 1 rings (SSSR count). The first-order chi connectivity index (χ1) is 24.7. The van der Waals surface area contributed by atoms with E-state index in [2.05, 4.69) is 19.2 Å². The van der Waals surface area contributed by atoms with E-state index in [0.717, 1.165) is 12.8 Å². The zero-order chi connectivity index (χ0) is 36.0. The molecule has 2 N–H and O–H groups in total. The van der Waals surface area contributed by atoms with E-state index in [1.807, 2.05) is 6.07 Å². The van der Waals surface area contributed by atoms with Gasteiger partial charge in [0.1, 0.15) is 11.5 Å². The van der Waals surface area contributed by atoms with Crippen LogP contribution in [-0.4, -0.2) is 37.4 Å². The third-order valence-electron chi connectivity index (χ3n) is 10.1. The van der Waals surface area contributed by atoms with E-state index in [1.54, 1.807) is 12.1 Å². The lowest BCUT2D eigenvalue weighted by atomic mass is 10.0. The van der Waals surface area contributed by atoms with Crippen LogP contribution in [0.3, 0.4) is 0 Å². The normalized spacial score (nSPS) is 11.3. The van der Waals surface area contributed by atoms with E-state index in [1.165, 1.54) is 193 Å².